The normalized spacial score (nSPS) is 10.8. The smallest absolute Gasteiger partial charge is 0.415 e. The fourth-order valence-corrected chi connectivity index (χ4v) is 3.31. The minimum atomic E-state index is -0.480. The van der Waals surface area contributed by atoms with E-state index >= 15 is 0 Å². The first kappa shape index (κ1) is 25.2. The number of anilines is 1. The maximum atomic E-state index is 12.6. The maximum Gasteiger partial charge on any atom is 0.415 e. The molecule has 9 heteroatoms. The van der Waals surface area contributed by atoms with Crippen LogP contribution in [-0.2, 0) is 25.6 Å². The molecule has 2 amide bonds. The number of rotatable bonds is 12. The van der Waals surface area contributed by atoms with E-state index in [0.29, 0.717) is 45.0 Å². The zero-order chi connectivity index (χ0) is 23.5. The Hall–Kier alpha value is -3.07. The van der Waals surface area contributed by atoms with E-state index in [9.17, 15) is 14.4 Å². The van der Waals surface area contributed by atoms with Gasteiger partial charge in [-0.3, -0.25) is 9.59 Å². The van der Waals surface area contributed by atoms with Crippen molar-refractivity contribution in [2.75, 3.05) is 38.7 Å². The zero-order valence-corrected chi connectivity index (χ0v) is 19.3. The number of amides is 2. The molecule has 0 aliphatic carbocycles. The largest absolute Gasteiger partial charge is 0.469 e. The predicted molar refractivity (Wildman–Crippen MR) is 122 cm³/mol. The number of aromatic nitrogens is 1. The predicted octanol–water partition coefficient (Wildman–Crippen LogP) is 3.80. The summed E-state index contributed by atoms with van der Waals surface area (Å²) in [6.07, 6.45) is 2.09. The zero-order valence-electron chi connectivity index (χ0n) is 19.3. The van der Waals surface area contributed by atoms with Crippen LogP contribution in [0.1, 0.15) is 40.0 Å². The van der Waals surface area contributed by atoms with E-state index in [2.05, 4.69) is 10.1 Å². The molecule has 0 saturated carbocycles. The Morgan fingerprint density at radius 1 is 1.06 bits per heavy atom. The van der Waals surface area contributed by atoms with Crippen LogP contribution < -0.4 is 10.1 Å². The molecule has 0 aliphatic heterocycles. The molecule has 176 valence electrons. The number of methoxy groups -OCH3 is 1. The second-order valence-corrected chi connectivity index (χ2v) is 7.10. The Bertz CT molecular complexity index is 920. The van der Waals surface area contributed by atoms with E-state index < -0.39 is 6.09 Å². The van der Waals surface area contributed by atoms with Gasteiger partial charge in [0.1, 0.15) is 0 Å². The van der Waals surface area contributed by atoms with Gasteiger partial charge in [-0.15, -0.1) is 0 Å². The standard InChI is InChI=1S/C23H33N3O6/c1-5-25(6-2)23(29)32-19-12-11-18-17(13-14-26(18)15-16-31-7-3)22(19)24-20(27)9-8-10-21(28)30-4/h11-14H,5-10,15-16H2,1-4H3,(H,24,27). The summed E-state index contributed by atoms with van der Waals surface area (Å²) in [4.78, 5) is 38.0. The minimum absolute atomic E-state index is 0.139. The molecule has 0 atom stereocenters. The van der Waals surface area contributed by atoms with Crippen molar-refractivity contribution in [3.8, 4) is 5.75 Å². The van der Waals surface area contributed by atoms with Crippen LogP contribution in [0.25, 0.3) is 10.9 Å². The highest BCUT2D eigenvalue weighted by molar-refractivity contribution is 6.04. The molecule has 0 bridgehead atoms. The van der Waals surface area contributed by atoms with Gasteiger partial charge in [0.05, 0.1) is 24.9 Å². The summed E-state index contributed by atoms with van der Waals surface area (Å²) in [5.41, 5.74) is 1.32. The molecule has 2 aromatic rings. The highest BCUT2D eigenvalue weighted by Crippen LogP contribution is 2.35. The van der Waals surface area contributed by atoms with Crippen molar-refractivity contribution < 1.29 is 28.6 Å². The van der Waals surface area contributed by atoms with Gasteiger partial charge >= 0.3 is 12.1 Å². The molecular formula is C23H33N3O6. The van der Waals surface area contributed by atoms with Gasteiger partial charge in [-0.05, 0) is 45.4 Å². The molecule has 9 nitrogen and oxygen atoms in total. The highest BCUT2D eigenvalue weighted by atomic mass is 16.6. The summed E-state index contributed by atoms with van der Waals surface area (Å²) >= 11 is 0. The van der Waals surface area contributed by atoms with Crippen molar-refractivity contribution >= 4 is 34.6 Å². The van der Waals surface area contributed by atoms with Crippen molar-refractivity contribution in [3.63, 3.8) is 0 Å². The summed E-state index contributed by atoms with van der Waals surface area (Å²) in [7, 11) is 1.32. The Labute approximate surface area is 188 Å². The van der Waals surface area contributed by atoms with Crippen molar-refractivity contribution in [3.05, 3.63) is 24.4 Å². The van der Waals surface area contributed by atoms with E-state index in [1.807, 2.05) is 43.7 Å². The highest BCUT2D eigenvalue weighted by Gasteiger charge is 2.19. The van der Waals surface area contributed by atoms with Gasteiger partial charge in [-0.2, -0.15) is 0 Å². The van der Waals surface area contributed by atoms with Crippen molar-refractivity contribution in [2.45, 2.75) is 46.6 Å². The average molecular weight is 448 g/mol. The molecule has 0 unspecified atom stereocenters. The SMILES string of the molecule is CCOCCn1ccc2c(NC(=O)CCCC(=O)OC)c(OC(=O)N(CC)CC)ccc21. The molecule has 1 heterocycles. The van der Waals surface area contributed by atoms with Crippen LogP contribution >= 0.6 is 0 Å². The monoisotopic (exact) mass is 447 g/mol. The second kappa shape index (κ2) is 12.7. The molecule has 0 spiro atoms. The van der Waals surface area contributed by atoms with Gasteiger partial charge in [-0.25, -0.2) is 4.79 Å². The number of benzene rings is 1. The van der Waals surface area contributed by atoms with Crippen molar-refractivity contribution in [1.29, 1.82) is 0 Å². The lowest BCUT2D eigenvalue weighted by Crippen LogP contribution is -2.33. The fourth-order valence-electron chi connectivity index (χ4n) is 3.31. The number of esters is 1. The number of ether oxygens (including phenoxy) is 3. The summed E-state index contributed by atoms with van der Waals surface area (Å²) in [6, 6.07) is 5.42. The molecule has 1 aromatic carbocycles. The fraction of sp³-hybridized carbons (Fsp3) is 0.522. The lowest BCUT2D eigenvalue weighted by molar-refractivity contribution is -0.140. The number of hydrogen-bond donors (Lipinski definition) is 1. The van der Waals surface area contributed by atoms with Crippen LogP contribution in [0, 0.1) is 0 Å². The first-order valence-corrected chi connectivity index (χ1v) is 11.0. The quantitative estimate of drug-likeness (QED) is 0.392. The topological polar surface area (TPSA) is 99.1 Å². The van der Waals surface area contributed by atoms with Gasteiger partial charge in [0.2, 0.25) is 5.91 Å². The first-order chi connectivity index (χ1) is 15.4. The van der Waals surface area contributed by atoms with E-state index in [1.54, 1.807) is 11.0 Å². The maximum absolute atomic E-state index is 12.6. The Balaban J connectivity index is 2.29. The summed E-state index contributed by atoms with van der Waals surface area (Å²) < 4.78 is 17.7. The number of fused-ring (bicyclic) bond motifs is 1. The molecule has 1 aromatic heterocycles. The summed E-state index contributed by atoms with van der Waals surface area (Å²) in [5.74, 6) is -0.359. The first-order valence-electron chi connectivity index (χ1n) is 11.0. The Morgan fingerprint density at radius 2 is 1.81 bits per heavy atom. The molecule has 2 rings (SSSR count). The van der Waals surface area contributed by atoms with Crippen molar-refractivity contribution in [1.82, 2.24) is 9.47 Å². The second-order valence-electron chi connectivity index (χ2n) is 7.10. The molecule has 1 N–H and O–H groups in total. The molecular weight excluding hydrogens is 414 g/mol. The lowest BCUT2D eigenvalue weighted by atomic mass is 10.1. The van der Waals surface area contributed by atoms with E-state index in [1.165, 1.54) is 7.11 Å². The van der Waals surface area contributed by atoms with Gasteiger partial charge in [0, 0.05) is 50.7 Å². The number of carbonyl (C=O) groups excluding carboxylic acids is 3. The van der Waals surface area contributed by atoms with Gasteiger partial charge in [0.15, 0.2) is 5.75 Å². The van der Waals surface area contributed by atoms with Crippen LogP contribution in [0.4, 0.5) is 10.5 Å². The lowest BCUT2D eigenvalue weighted by Gasteiger charge is -2.20. The van der Waals surface area contributed by atoms with Crippen LogP contribution in [0.3, 0.4) is 0 Å². The van der Waals surface area contributed by atoms with Crippen LogP contribution in [0.15, 0.2) is 24.4 Å². The Kier molecular flexibility index (Phi) is 10.0. The molecule has 0 radical (unpaired) electrons. The van der Waals surface area contributed by atoms with E-state index in [-0.39, 0.29) is 30.5 Å². The molecule has 32 heavy (non-hydrogen) atoms. The van der Waals surface area contributed by atoms with E-state index in [4.69, 9.17) is 9.47 Å². The van der Waals surface area contributed by atoms with Gasteiger partial charge in [0.25, 0.3) is 0 Å². The Morgan fingerprint density at radius 3 is 2.47 bits per heavy atom. The molecule has 0 aliphatic rings. The molecule has 0 saturated heterocycles. The number of carbonyl (C=O) groups is 3. The number of nitrogens with one attached hydrogen (secondary N) is 1. The third-order valence-corrected chi connectivity index (χ3v) is 5.09. The van der Waals surface area contributed by atoms with Crippen LogP contribution in [0.2, 0.25) is 0 Å². The third kappa shape index (κ3) is 6.71. The van der Waals surface area contributed by atoms with Crippen LogP contribution in [0.5, 0.6) is 5.75 Å². The van der Waals surface area contributed by atoms with Gasteiger partial charge in [-0.1, -0.05) is 0 Å². The van der Waals surface area contributed by atoms with Crippen LogP contribution in [-0.4, -0.2) is 60.8 Å². The van der Waals surface area contributed by atoms with E-state index in [0.717, 1.165) is 10.9 Å². The molecule has 0 fully saturated rings. The average Bonchev–Trinajstić information content (AvgIpc) is 3.19. The summed E-state index contributed by atoms with van der Waals surface area (Å²) in [5, 5.41) is 3.63. The third-order valence-electron chi connectivity index (χ3n) is 5.09. The van der Waals surface area contributed by atoms with Gasteiger partial charge < -0.3 is 29.0 Å². The number of nitrogens with zero attached hydrogens (tertiary/aromatic N) is 2. The van der Waals surface area contributed by atoms with Crippen molar-refractivity contribution in [2.24, 2.45) is 0 Å². The minimum Gasteiger partial charge on any atom is -0.469 e. The number of hydrogen-bond acceptors (Lipinski definition) is 6. The summed E-state index contributed by atoms with van der Waals surface area (Å²) in [6.45, 7) is 8.57.